The molecule has 0 aliphatic rings. The Balaban J connectivity index is 1.85. The zero-order valence-corrected chi connectivity index (χ0v) is 11.0. The summed E-state index contributed by atoms with van der Waals surface area (Å²) >= 11 is 0. The van der Waals surface area contributed by atoms with Gasteiger partial charge >= 0.3 is 0 Å². The standard InChI is InChI=1S/C14H18N4O/c1-2-12-13(15)17-10-18-14(12)16-8-9-19-11-6-4-3-5-7-11/h3-7,10H,2,8-9H2,1H3,(H3,15,16,17,18). The number of rotatable bonds is 6. The summed E-state index contributed by atoms with van der Waals surface area (Å²) in [5.74, 6) is 2.18. The number of para-hydroxylation sites is 1. The minimum Gasteiger partial charge on any atom is -0.492 e. The monoisotopic (exact) mass is 258 g/mol. The Morgan fingerprint density at radius 2 is 2.00 bits per heavy atom. The highest BCUT2D eigenvalue weighted by molar-refractivity contribution is 5.54. The Hall–Kier alpha value is -2.30. The van der Waals surface area contributed by atoms with E-state index < -0.39 is 0 Å². The number of aromatic nitrogens is 2. The molecule has 1 aromatic carbocycles. The zero-order valence-electron chi connectivity index (χ0n) is 11.0. The summed E-state index contributed by atoms with van der Waals surface area (Å²) in [6, 6.07) is 9.72. The van der Waals surface area contributed by atoms with Gasteiger partial charge in [0.1, 0.15) is 30.3 Å². The van der Waals surface area contributed by atoms with E-state index in [1.54, 1.807) is 0 Å². The van der Waals surface area contributed by atoms with Gasteiger partial charge in [0.2, 0.25) is 0 Å². The lowest BCUT2D eigenvalue weighted by molar-refractivity contribution is 0.332. The van der Waals surface area contributed by atoms with Gasteiger partial charge in [0.25, 0.3) is 0 Å². The first kappa shape index (κ1) is 13.1. The normalized spacial score (nSPS) is 10.2. The molecule has 2 aromatic rings. The van der Waals surface area contributed by atoms with Gasteiger partial charge in [-0.25, -0.2) is 9.97 Å². The summed E-state index contributed by atoms with van der Waals surface area (Å²) in [7, 11) is 0. The van der Waals surface area contributed by atoms with Crippen molar-refractivity contribution in [1.29, 1.82) is 0 Å². The number of hydrogen-bond acceptors (Lipinski definition) is 5. The van der Waals surface area contributed by atoms with E-state index in [1.807, 2.05) is 37.3 Å². The van der Waals surface area contributed by atoms with E-state index in [0.29, 0.717) is 19.0 Å². The second kappa shape index (κ2) is 6.58. The van der Waals surface area contributed by atoms with Crippen molar-refractivity contribution in [3.63, 3.8) is 0 Å². The molecule has 19 heavy (non-hydrogen) atoms. The van der Waals surface area contributed by atoms with Crippen molar-refractivity contribution in [1.82, 2.24) is 9.97 Å². The Morgan fingerprint density at radius 1 is 1.21 bits per heavy atom. The van der Waals surface area contributed by atoms with Crippen LogP contribution in [-0.2, 0) is 6.42 Å². The number of anilines is 2. The molecular weight excluding hydrogens is 240 g/mol. The second-order valence-electron chi connectivity index (χ2n) is 4.03. The predicted octanol–water partition coefficient (Wildman–Crippen LogP) is 2.11. The van der Waals surface area contributed by atoms with Gasteiger partial charge in [-0.3, -0.25) is 0 Å². The zero-order chi connectivity index (χ0) is 13.5. The van der Waals surface area contributed by atoms with Crippen LogP contribution in [0.15, 0.2) is 36.7 Å². The lowest BCUT2D eigenvalue weighted by atomic mass is 10.2. The van der Waals surface area contributed by atoms with Crippen molar-refractivity contribution < 1.29 is 4.74 Å². The Bertz CT molecular complexity index is 516. The van der Waals surface area contributed by atoms with Crippen molar-refractivity contribution in [3.8, 4) is 5.75 Å². The van der Waals surface area contributed by atoms with E-state index in [-0.39, 0.29) is 0 Å². The molecule has 1 heterocycles. The Kier molecular flexibility index (Phi) is 4.55. The van der Waals surface area contributed by atoms with Crippen LogP contribution in [0.25, 0.3) is 0 Å². The molecule has 0 spiro atoms. The topological polar surface area (TPSA) is 73.1 Å². The maximum absolute atomic E-state index is 5.80. The van der Waals surface area contributed by atoms with E-state index in [9.17, 15) is 0 Å². The maximum atomic E-state index is 5.80. The fraction of sp³-hybridized carbons (Fsp3) is 0.286. The van der Waals surface area contributed by atoms with Crippen LogP contribution in [0.4, 0.5) is 11.6 Å². The van der Waals surface area contributed by atoms with Crippen LogP contribution in [0.1, 0.15) is 12.5 Å². The third-order valence-corrected chi connectivity index (χ3v) is 2.74. The van der Waals surface area contributed by atoms with E-state index in [1.165, 1.54) is 6.33 Å². The summed E-state index contributed by atoms with van der Waals surface area (Å²) in [4.78, 5) is 8.18. The molecule has 2 rings (SSSR count). The molecule has 0 fully saturated rings. The molecule has 0 radical (unpaired) electrons. The summed E-state index contributed by atoms with van der Waals surface area (Å²) in [5.41, 5.74) is 6.75. The molecule has 3 N–H and O–H groups in total. The van der Waals surface area contributed by atoms with Gasteiger partial charge < -0.3 is 15.8 Å². The van der Waals surface area contributed by atoms with E-state index >= 15 is 0 Å². The van der Waals surface area contributed by atoms with Gasteiger partial charge in [-0.2, -0.15) is 0 Å². The number of nitrogens with zero attached hydrogens (tertiary/aromatic N) is 2. The molecule has 0 bridgehead atoms. The highest BCUT2D eigenvalue weighted by atomic mass is 16.5. The van der Waals surface area contributed by atoms with E-state index in [2.05, 4.69) is 15.3 Å². The lowest BCUT2D eigenvalue weighted by Gasteiger charge is -2.11. The number of nitrogens with two attached hydrogens (primary N) is 1. The Morgan fingerprint density at radius 3 is 2.74 bits per heavy atom. The van der Waals surface area contributed by atoms with Crippen LogP contribution in [-0.4, -0.2) is 23.1 Å². The molecule has 0 unspecified atom stereocenters. The molecule has 100 valence electrons. The van der Waals surface area contributed by atoms with Crippen LogP contribution in [0.5, 0.6) is 5.75 Å². The SMILES string of the molecule is CCc1c(N)ncnc1NCCOc1ccccc1. The largest absolute Gasteiger partial charge is 0.492 e. The molecule has 0 aliphatic carbocycles. The highest BCUT2D eigenvalue weighted by Crippen LogP contribution is 2.17. The maximum Gasteiger partial charge on any atom is 0.134 e. The molecule has 0 amide bonds. The van der Waals surface area contributed by atoms with Gasteiger partial charge in [-0.1, -0.05) is 25.1 Å². The fourth-order valence-corrected chi connectivity index (χ4v) is 1.78. The summed E-state index contributed by atoms with van der Waals surface area (Å²) in [6.07, 6.45) is 2.27. The molecule has 0 aliphatic heterocycles. The minimum atomic E-state index is 0.531. The van der Waals surface area contributed by atoms with Crippen LogP contribution in [0.3, 0.4) is 0 Å². The molecule has 1 aromatic heterocycles. The number of nitrogens with one attached hydrogen (secondary N) is 1. The van der Waals surface area contributed by atoms with E-state index in [4.69, 9.17) is 10.5 Å². The first-order chi connectivity index (χ1) is 9.31. The predicted molar refractivity (Wildman–Crippen MR) is 76.2 cm³/mol. The highest BCUT2D eigenvalue weighted by Gasteiger charge is 2.06. The molecule has 5 nitrogen and oxygen atoms in total. The minimum absolute atomic E-state index is 0.531. The van der Waals surface area contributed by atoms with Crippen molar-refractivity contribution in [3.05, 3.63) is 42.2 Å². The molecule has 0 saturated carbocycles. The first-order valence-corrected chi connectivity index (χ1v) is 6.32. The second-order valence-corrected chi connectivity index (χ2v) is 4.03. The van der Waals surface area contributed by atoms with Crippen LogP contribution in [0, 0.1) is 0 Å². The van der Waals surface area contributed by atoms with Crippen LogP contribution >= 0.6 is 0 Å². The van der Waals surface area contributed by atoms with Crippen molar-refractivity contribution in [2.24, 2.45) is 0 Å². The number of benzene rings is 1. The van der Waals surface area contributed by atoms with Gasteiger partial charge in [0.15, 0.2) is 0 Å². The third-order valence-electron chi connectivity index (χ3n) is 2.74. The summed E-state index contributed by atoms with van der Waals surface area (Å²) < 4.78 is 5.59. The van der Waals surface area contributed by atoms with Crippen molar-refractivity contribution in [2.75, 3.05) is 24.2 Å². The third kappa shape index (κ3) is 3.58. The number of hydrogen-bond donors (Lipinski definition) is 2. The van der Waals surface area contributed by atoms with Crippen LogP contribution < -0.4 is 15.8 Å². The van der Waals surface area contributed by atoms with Gasteiger partial charge in [-0.15, -0.1) is 0 Å². The summed E-state index contributed by atoms with van der Waals surface area (Å²) in [6.45, 7) is 3.26. The number of nitrogen functional groups attached to an aromatic ring is 1. The van der Waals surface area contributed by atoms with Crippen LogP contribution in [0.2, 0.25) is 0 Å². The van der Waals surface area contributed by atoms with Gasteiger partial charge in [0, 0.05) is 5.56 Å². The van der Waals surface area contributed by atoms with E-state index in [0.717, 1.165) is 23.6 Å². The molecule has 0 atom stereocenters. The van der Waals surface area contributed by atoms with Gasteiger partial charge in [0.05, 0.1) is 6.54 Å². The molecule has 0 saturated heterocycles. The van der Waals surface area contributed by atoms with Crippen molar-refractivity contribution >= 4 is 11.6 Å². The molecule has 5 heteroatoms. The first-order valence-electron chi connectivity index (χ1n) is 6.32. The fourth-order valence-electron chi connectivity index (χ4n) is 1.78. The number of ether oxygens (including phenoxy) is 1. The smallest absolute Gasteiger partial charge is 0.134 e. The molecular formula is C14H18N4O. The summed E-state index contributed by atoms with van der Waals surface area (Å²) in [5, 5.41) is 3.22. The average Bonchev–Trinajstić information content (AvgIpc) is 2.45. The lowest BCUT2D eigenvalue weighted by Crippen LogP contribution is -2.14. The average molecular weight is 258 g/mol. The van der Waals surface area contributed by atoms with Crippen molar-refractivity contribution in [2.45, 2.75) is 13.3 Å². The van der Waals surface area contributed by atoms with Gasteiger partial charge in [-0.05, 0) is 18.6 Å². The quantitative estimate of drug-likeness (QED) is 0.776. The Labute approximate surface area is 112 Å².